The minimum atomic E-state index is -0.495. The van der Waals surface area contributed by atoms with Gasteiger partial charge in [-0.15, -0.1) is 0 Å². The molecular formula is C19H25N3O3. The van der Waals surface area contributed by atoms with Crippen molar-refractivity contribution in [2.24, 2.45) is 0 Å². The van der Waals surface area contributed by atoms with Crippen LogP contribution in [0.1, 0.15) is 52.5 Å². The lowest BCUT2D eigenvalue weighted by molar-refractivity contribution is 0.0488. The predicted octanol–water partition coefficient (Wildman–Crippen LogP) is 3.40. The van der Waals surface area contributed by atoms with E-state index in [0.717, 1.165) is 31.2 Å². The first-order chi connectivity index (χ1) is 11.8. The summed E-state index contributed by atoms with van der Waals surface area (Å²) in [5.74, 6) is 0. The van der Waals surface area contributed by atoms with E-state index in [1.54, 1.807) is 10.9 Å². The molecule has 2 aromatic rings. The molecule has 1 aromatic carbocycles. The molecule has 1 N–H and O–H groups in total. The lowest BCUT2D eigenvalue weighted by Gasteiger charge is -2.30. The highest BCUT2D eigenvalue weighted by Crippen LogP contribution is 2.28. The van der Waals surface area contributed by atoms with Crippen LogP contribution >= 0.6 is 0 Å². The van der Waals surface area contributed by atoms with Crippen molar-refractivity contribution in [2.45, 2.75) is 64.1 Å². The third-order valence-electron chi connectivity index (χ3n) is 4.50. The third kappa shape index (κ3) is 4.18. The second-order valence-electron chi connectivity index (χ2n) is 7.63. The molecular weight excluding hydrogens is 318 g/mol. The van der Waals surface area contributed by atoms with Crippen molar-refractivity contribution in [3.63, 3.8) is 0 Å². The van der Waals surface area contributed by atoms with Gasteiger partial charge in [0.2, 0.25) is 0 Å². The van der Waals surface area contributed by atoms with Gasteiger partial charge in [-0.3, -0.25) is 9.36 Å². The van der Waals surface area contributed by atoms with Gasteiger partial charge in [0.05, 0.1) is 17.2 Å². The van der Waals surface area contributed by atoms with Crippen LogP contribution in [-0.4, -0.2) is 27.3 Å². The van der Waals surface area contributed by atoms with Gasteiger partial charge in [0, 0.05) is 12.1 Å². The summed E-state index contributed by atoms with van der Waals surface area (Å²) in [5.41, 5.74) is 0.240. The van der Waals surface area contributed by atoms with E-state index in [-0.39, 0.29) is 23.7 Å². The molecule has 1 amide bonds. The van der Waals surface area contributed by atoms with Gasteiger partial charge in [-0.05, 0) is 58.6 Å². The summed E-state index contributed by atoms with van der Waals surface area (Å²) in [5, 5.41) is 3.58. The minimum Gasteiger partial charge on any atom is -0.444 e. The Labute approximate surface area is 147 Å². The highest BCUT2D eigenvalue weighted by Gasteiger charge is 2.26. The van der Waals surface area contributed by atoms with Crippen LogP contribution in [0.5, 0.6) is 0 Å². The Morgan fingerprint density at radius 3 is 2.56 bits per heavy atom. The molecule has 1 aliphatic carbocycles. The summed E-state index contributed by atoms with van der Waals surface area (Å²) in [4.78, 5) is 29.0. The molecule has 1 aromatic heterocycles. The van der Waals surface area contributed by atoms with Crippen molar-refractivity contribution in [1.82, 2.24) is 14.9 Å². The van der Waals surface area contributed by atoms with Crippen LogP contribution in [0, 0.1) is 0 Å². The predicted molar refractivity (Wildman–Crippen MR) is 96.7 cm³/mol. The van der Waals surface area contributed by atoms with Crippen LogP contribution in [0.3, 0.4) is 0 Å². The number of ether oxygens (including phenoxy) is 1. The molecule has 0 atom stereocenters. The fourth-order valence-electron chi connectivity index (χ4n) is 3.32. The average Bonchev–Trinajstić information content (AvgIpc) is 2.55. The molecule has 3 rings (SSSR count). The van der Waals surface area contributed by atoms with Crippen LogP contribution in [0.25, 0.3) is 10.9 Å². The number of amides is 1. The molecule has 1 fully saturated rings. The number of hydrogen-bond donors (Lipinski definition) is 1. The summed E-state index contributed by atoms with van der Waals surface area (Å²) in [6, 6.07) is 7.63. The summed E-state index contributed by atoms with van der Waals surface area (Å²) >= 11 is 0. The van der Waals surface area contributed by atoms with Gasteiger partial charge in [-0.1, -0.05) is 12.1 Å². The fourth-order valence-corrected chi connectivity index (χ4v) is 3.32. The Kier molecular flexibility index (Phi) is 4.79. The van der Waals surface area contributed by atoms with E-state index in [1.165, 1.54) is 0 Å². The smallest absolute Gasteiger partial charge is 0.407 e. The molecule has 6 heteroatoms. The van der Waals surface area contributed by atoms with Gasteiger partial charge in [-0.25, -0.2) is 9.78 Å². The lowest BCUT2D eigenvalue weighted by atomic mass is 9.91. The van der Waals surface area contributed by atoms with Crippen LogP contribution < -0.4 is 10.9 Å². The lowest BCUT2D eigenvalue weighted by Crippen LogP contribution is -2.41. The number of aromatic nitrogens is 2. The SMILES string of the molecule is CC(C)(C)OC(=O)NC1CCC(n2cnc3ccccc3c2=O)CC1. The summed E-state index contributed by atoms with van der Waals surface area (Å²) in [7, 11) is 0. The largest absolute Gasteiger partial charge is 0.444 e. The Morgan fingerprint density at radius 1 is 1.20 bits per heavy atom. The number of rotatable bonds is 2. The maximum Gasteiger partial charge on any atom is 0.407 e. The van der Waals surface area contributed by atoms with Gasteiger partial charge in [0.1, 0.15) is 5.60 Å². The molecule has 0 bridgehead atoms. The quantitative estimate of drug-likeness (QED) is 0.907. The van der Waals surface area contributed by atoms with Crippen molar-refractivity contribution < 1.29 is 9.53 Å². The molecule has 25 heavy (non-hydrogen) atoms. The van der Waals surface area contributed by atoms with Gasteiger partial charge < -0.3 is 10.1 Å². The molecule has 1 saturated carbocycles. The first-order valence-corrected chi connectivity index (χ1v) is 8.79. The average molecular weight is 343 g/mol. The minimum absolute atomic E-state index is 0.00847. The molecule has 1 aliphatic rings. The molecule has 0 saturated heterocycles. The normalized spacial score (nSPS) is 21.1. The zero-order valence-corrected chi connectivity index (χ0v) is 15.0. The highest BCUT2D eigenvalue weighted by atomic mass is 16.6. The molecule has 134 valence electrons. The van der Waals surface area contributed by atoms with E-state index < -0.39 is 5.60 Å². The molecule has 0 aliphatic heterocycles. The van der Waals surface area contributed by atoms with E-state index in [2.05, 4.69) is 10.3 Å². The Morgan fingerprint density at radius 2 is 1.88 bits per heavy atom. The van der Waals surface area contributed by atoms with Gasteiger partial charge >= 0.3 is 6.09 Å². The molecule has 0 radical (unpaired) electrons. The number of nitrogens with one attached hydrogen (secondary N) is 1. The Balaban J connectivity index is 1.64. The van der Waals surface area contributed by atoms with Crippen LogP contribution in [0.4, 0.5) is 4.79 Å². The monoisotopic (exact) mass is 343 g/mol. The number of alkyl carbamates (subject to hydrolysis) is 1. The molecule has 0 spiro atoms. The van der Waals surface area contributed by atoms with Crippen molar-refractivity contribution in [3.05, 3.63) is 40.9 Å². The number of para-hydroxylation sites is 1. The van der Waals surface area contributed by atoms with Gasteiger partial charge in [0.25, 0.3) is 5.56 Å². The van der Waals surface area contributed by atoms with Crippen molar-refractivity contribution in [1.29, 1.82) is 0 Å². The van der Waals surface area contributed by atoms with Crippen molar-refractivity contribution >= 4 is 17.0 Å². The van der Waals surface area contributed by atoms with Crippen molar-refractivity contribution in [3.8, 4) is 0 Å². The van der Waals surface area contributed by atoms with E-state index in [1.807, 2.05) is 45.0 Å². The van der Waals surface area contributed by atoms with Gasteiger partial charge in [-0.2, -0.15) is 0 Å². The van der Waals surface area contributed by atoms with Crippen LogP contribution in [0.15, 0.2) is 35.4 Å². The Hall–Kier alpha value is -2.37. The van der Waals surface area contributed by atoms with Gasteiger partial charge in [0.15, 0.2) is 0 Å². The zero-order chi connectivity index (χ0) is 18.0. The number of nitrogens with zero attached hydrogens (tertiary/aromatic N) is 2. The standard InChI is InChI=1S/C19H25N3O3/c1-19(2,3)25-18(24)21-13-8-10-14(11-9-13)22-12-20-16-7-5-4-6-15(16)17(22)23/h4-7,12-14H,8-11H2,1-3H3,(H,21,24). The van der Waals surface area contributed by atoms with E-state index in [4.69, 9.17) is 4.74 Å². The number of benzene rings is 1. The summed E-state index contributed by atoms with van der Waals surface area (Å²) < 4.78 is 7.05. The fraction of sp³-hybridized carbons (Fsp3) is 0.526. The van der Waals surface area contributed by atoms with E-state index in [9.17, 15) is 9.59 Å². The van der Waals surface area contributed by atoms with Crippen molar-refractivity contribution in [2.75, 3.05) is 0 Å². The Bertz CT molecular complexity index is 815. The third-order valence-corrected chi connectivity index (χ3v) is 4.50. The molecule has 1 heterocycles. The highest BCUT2D eigenvalue weighted by molar-refractivity contribution is 5.76. The zero-order valence-electron chi connectivity index (χ0n) is 15.0. The second-order valence-corrected chi connectivity index (χ2v) is 7.63. The number of carbonyl (C=O) groups is 1. The maximum atomic E-state index is 12.7. The topological polar surface area (TPSA) is 73.2 Å². The first-order valence-electron chi connectivity index (χ1n) is 8.79. The summed E-state index contributed by atoms with van der Waals surface area (Å²) in [6.07, 6.45) is 4.59. The first kappa shape index (κ1) is 17.5. The van der Waals surface area contributed by atoms with Crippen LogP contribution in [-0.2, 0) is 4.74 Å². The number of fused-ring (bicyclic) bond motifs is 1. The number of hydrogen-bond acceptors (Lipinski definition) is 4. The molecule has 0 unspecified atom stereocenters. The second kappa shape index (κ2) is 6.86. The summed E-state index contributed by atoms with van der Waals surface area (Å²) in [6.45, 7) is 5.55. The molecule has 6 nitrogen and oxygen atoms in total. The van der Waals surface area contributed by atoms with E-state index in [0.29, 0.717) is 5.39 Å². The number of carbonyl (C=O) groups excluding carboxylic acids is 1. The van der Waals surface area contributed by atoms with E-state index >= 15 is 0 Å². The maximum absolute atomic E-state index is 12.7. The van der Waals surface area contributed by atoms with Crippen LogP contribution in [0.2, 0.25) is 0 Å².